The zero-order chi connectivity index (χ0) is 24.8. The van der Waals surface area contributed by atoms with Gasteiger partial charge in [-0.3, -0.25) is 14.6 Å². The fourth-order valence-electron chi connectivity index (χ4n) is 4.05. The van der Waals surface area contributed by atoms with E-state index in [9.17, 15) is 18.0 Å². The Bertz CT molecular complexity index is 1380. The summed E-state index contributed by atoms with van der Waals surface area (Å²) in [6.45, 7) is 1.99. The first-order valence-electron chi connectivity index (χ1n) is 11.0. The van der Waals surface area contributed by atoms with Gasteiger partial charge < -0.3 is 4.74 Å². The molecule has 1 heterocycles. The second kappa shape index (κ2) is 8.42. The third-order valence-electron chi connectivity index (χ3n) is 6.45. The van der Waals surface area contributed by atoms with E-state index in [1.807, 2.05) is 6.92 Å². The van der Waals surface area contributed by atoms with Gasteiger partial charge in [-0.1, -0.05) is 13.0 Å². The third kappa shape index (κ3) is 4.59. The van der Waals surface area contributed by atoms with Gasteiger partial charge in [0.15, 0.2) is 0 Å². The van der Waals surface area contributed by atoms with E-state index >= 15 is 0 Å². The number of fused-ring (bicyclic) bond motifs is 1. The Balaban J connectivity index is 1.36. The van der Waals surface area contributed by atoms with Crippen LogP contribution in [0.3, 0.4) is 0 Å². The highest BCUT2D eigenvalue weighted by molar-refractivity contribution is 5.96. The molecular formula is C26H22F3N3O3. The van der Waals surface area contributed by atoms with Crippen molar-refractivity contribution in [3.63, 3.8) is 0 Å². The Morgan fingerprint density at radius 3 is 2.51 bits per heavy atom. The maximum Gasteiger partial charge on any atom is 0.416 e. The third-order valence-corrected chi connectivity index (χ3v) is 6.45. The minimum absolute atomic E-state index is 0.0139. The summed E-state index contributed by atoms with van der Waals surface area (Å²) in [6, 6.07) is 16.1. The fraction of sp³-hybridized carbons (Fsp3) is 0.231. The molecule has 0 spiro atoms. The van der Waals surface area contributed by atoms with Crippen LogP contribution in [-0.4, -0.2) is 20.7 Å². The highest BCUT2D eigenvalue weighted by Gasteiger charge is 2.41. The predicted molar refractivity (Wildman–Crippen MR) is 123 cm³/mol. The summed E-state index contributed by atoms with van der Waals surface area (Å²) >= 11 is 0. The largest absolute Gasteiger partial charge is 0.489 e. The Morgan fingerprint density at radius 1 is 1.11 bits per heavy atom. The molecule has 1 amide bonds. The summed E-state index contributed by atoms with van der Waals surface area (Å²) in [7, 11) is 0. The summed E-state index contributed by atoms with van der Waals surface area (Å²) in [5.74, 6) is -0.119. The number of hydroxylamine groups is 1. The van der Waals surface area contributed by atoms with Gasteiger partial charge in [0.2, 0.25) is 0 Å². The van der Waals surface area contributed by atoms with Gasteiger partial charge in [-0.2, -0.15) is 13.2 Å². The van der Waals surface area contributed by atoms with Gasteiger partial charge >= 0.3 is 6.18 Å². The van der Waals surface area contributed by atoms with Crippen molar-refractivity contribution in [2.45, 2.75) is 38.0 Å². The van der Waals surface area contributed by atoms with Crippen molar-refractivity contribution in [1.29, 1.82) is 0 Å². The number of aromatic nitrogens is 2. The first kappa shape index (κ1) is 22.9. The number of nitrogens with one attached hydrogen (secondary N) is 1. The molecule has 1 fully saturated rings. The Kier molecular flexibility index (Phi) is 5.52. The summed E-state index contributed by atoms with van der Waals surface area (Å²) in [4.78, 5) is 16.1. The Morgan fingerprint density at radius 2 is 1.86 bits per heavy atom. The molecule has 1 aliphatic rings. The van der Waals surface area contributed by atoms with Crippen LogP contribution in [0, 0.1) is 0 Å². The molecule has 1 aliphatic carbocycles. The number of carbonyl (C=O) groups excluding carboxylic acids is 1. The lowest BCUT2D eigenvalue weighted by Crippen LogP contribution is -2.18. The maximum atomic E-state index is 13.4. The van der Waals surface area contributed by atoms with Crippen molar-refractivity contribution >= 4 is 16.9 Å². The average Bonchev–Trinajstić information content (AvgIpc) is 3.47. The number of amides is 1. The first-order chi connectivity index (χ1) is 16.7. The van der Waals surface area contributed by atoms with E-state index in [-0.39, 0.29) is 17.6 Å². The molecule has 0 atom stereocenters. The summed E-state index contributed by atoms with van der Waals surface area (Å²) in [6.07, 6.45) is -1.04. The summed E-state index contributed by atoms with van der Waals surface area (Å²) < 4.78 is 47.8. The summed E-state index contributed by atoms with van der Waals surface area (Å²) in [5.41, 5.74) is 4.31. The monoisotopic (exact) mass is 481 g/mol. The van der Waals surface area contributed by atoms with Crippen LogP contribution >= 0.6 is 0 Å². The fourth-order valence-corrected chi connectivity index (χ4v) is 4.05. The lowest BCUT2D eigenvalue weighted by Gasteiger charge is -2.16. The van der Waals surface area contributed by atoms with E-state index < -0.39 is 17.6 Å². The van der Waals surface area contributed by atoms with Crippen LogP contribution < -0.4 is 10.2 Å². The molecule has 6 nitrogen and oxygen atoms in total. The highest BCUT2D eigenvalue weighted by atomic mass is 19.4. The van der Waals surface area contributed by atoms with Crippen LogP contribution in [-0.2, 0) is 18.2 Å². The minimum atomic E-state index is -4.41. The number of carbonyl (C=O) groups is 1. The van der Waals surface area contributed by atoms with E-state index in [0.29, 0.717) is 27.9 Å². The van der Waals surface area contributed by atoms with Crippen LogP contribution in [0.5, 0.6) is 5.75 Å². The number of imidazole rings is 1. The van der Waals surface area contributed by atoms with E-state index in [0.717, 1.165) is 24.6 Å². The molecule has 5 rings (SSSR count). The zero-order valence-electron chi connectivity index (χ0n) is 18.8. The van der Waals surface area contributed by atoms with Crippen LogP contribution in [0.15, 0.2) is 67.0 Å². The van der Waals surface area contributed by atoms with Crippen LogP contribution in [0.1, 0.15) is 46.8 Å². The zero-order valence-corrected chi connectivity index (χ0v) is 18.8. The van der Waals surface area contributed by atoms with Gasteiger partial charge in [-0.15, -0.1) is 0 Å². The molecule has 35 heavy (non-hydrogen) atoms. The van der Waals surface area contributed by atoms with E-state index in [4.69, 9.17) is 9.94 Å². The Labute approximate surface area is 198 Å². The second-order valence-corrected chi connectivity index (χ2v) is 9.02. The van der Waals surface area contributed by atoms with Crippen LogP contribution in [0.4, 0.5) is 13.2 Å². The molecule has 3 aromatic carbocycles. The molecule has 0 radical (unpaired) electrons. The first-order valence-corrected chi connectivity index (χ1v) is 11.0. The predicted octanol–water partition coefficient (Wildman–Crippen LogP) is 5.79. The minimum Gasteiger partial charge on any atom is -0.489 e. The standard InChI is InChI=1S/C26H22F3N3O3/c1-25(8-9-25)18-10-16(11-19(13-18)26(27,28)29)14-35-21-5-3-20(4-6-21)32-15-30-22-7-2-17(12-23(22)32)24(33)31-34/h2-7,10-13,15,34H,8-9,14H2,1H3,(H,31,33). The molecular weight excluding hydrogens is 459 g/mol. The average molecular weight is 481 g/mol. The van der Waals surface area contributed by atoms with Gasteiger partial charge in [0, 0.05) is 11.3 Å². The normalized spacial score (nSPS) is 14.7. The van der Waals surface area contributed by atoms with Gasteiger partial charge in [0.1, 0.15) is 18.7 Å². The van der Waals surface area contributed by atoms with Crippen molar-refractivity contribution in [3.05, 3.63) is 89.2 Å². The molecule has 0 aliphatic heterocycles. The van der Waals surface area contributed by atoms with Gasteiger partial charge in [0.05, 0.1) is 16.6 Å². The van der Waals surface area contributed by atoms with Crippen molar-refractivity contribution in [3.8, 4) is 11.4 Å². The SMILES string of the molecule is CC1(c2cc(COc3ccc(-n4cnc5ccc(C(=O)NO)cc54)cc3)cc(C(F)(F)F)c2)CC1. The molecule has 2 N–H and O–H groups in total. The maximum absolute atomic E-state index is 13.4. The number of nitrogens with zero attached hydrogens (tertiary/aromatic N) is 2. The van der Waals surface area contributed by atoms with Crippen LogP contribution in [0.25, 0.3) is 16.7 Å². The lowest BCUT2D eigenvalue weighted by atomic mass is 9.94. The topological polar surface area (TPSA) is 76.4 Å². The van der Waals surface area contributed by atoms with Gasteiger partial charge in [0.25, 0.3) is 5.91 Å². The number of ether oxygens (including phenoxy) is 1. The van der Waals surface area contributed by atoms with Crippen molar-refractivity contribution in [2.75, 3.05) is 0 Å². The van der Waals surface area contributed by atoms with Gasteiger partial charge in [-0.25, -0.2) is 10.5 Å². The lowest BCUT2D eigenvalue weighted by molar-refractivity contribution is -0.137. The number of benzene rings is 3. The van der Waals surface area contributed by atoms with E-state index in [2.05, 4.69) is 4.98 Å². The molecule has 0 bridgehead atoms. The van der Waals surface area contributed by atoms with Gasteiger partial charge in [-0.05, 0) is 84.0 Å². The quantitative estimate of drug-likeness (QED) is 0.270. The Hall–Kier alpha value is -3.85. The van der Waals surface area contributed by atoms with Crippen LogP contribution in [0.2, 0.25) is 0 Å². The highest BCUT2D eigenvalue weighted by Crippen LogP contribution is 2.49. The number of hydrogen-bond acceptors (Lipinski definition) is 4. The number of alkyl halides is 3. The molecule has 0 saturated heterocycles. The van der Waals surface area contributed by atoms with E-state index in [1.54, 1.807) is 64.9 Å². The second-order valence-electron chi connectivity index (χ2n) is 9.02. The molecule has 0 unspecified atom stereocenters. The molecule has 1 aromatic heterocycles. The summed E-state index contributed by atoms with van der Waals surface area (Å²) in [5, 5.41) is 8.88. The molecule has 4 aromatic rings. The molecule has 9 heteroatoms. The smallest absolute Gasteiger partial charge is 0.416 e. The number of hydrogen-bond donors (Lipinski definition) is 2. The van der Waals surface area contributed by atoms with E-state index in [1.165, 1.54) is 6.07 Å². The molecule has 180 valence electrons. The van der Waals surface area contributed by atoms with Crippen molar-refractivity contribution in [1.82, 2.24) is 15.0 Å². The molecule has 1 saturated carbocycles. The van der Waals surface area contributed by atoms with Crippen molar-refractivity contribution < 1.29 is 27.9 Å². The number of halogens is 3. The van der Waals surface area contributed by atoms with Crippen molar-refractivity contribution in [2.24, 2.45) is 0 Å². The number of rotatable bonds is 6.